The number of hydrogen-bond donors (Lipinski definition) is 2. The summed E-state index contributed by atoms with van der Waals surface area (Å²) in [4.78, 5) is 17.6. The van der Waals surface area contributed by atoms with Crippen LogP contribution < -0.4 is 16.1 Å². The summed E-state index contributed by atoms with van der Waals surface area (Å²) >= 11 is 0.175. The molecule has 0 aliphatic heterocycles. The third kappa shape index (κ3) is 2.70. The summed E-state index contributed by atoms with van der Waals surface area (Å²) < 4.78 is 2.51. The zero-order valence-electron chi connectivity index (χ0n) is 14.2. The number of nitrogens with zero attached hydrogens (tertiary/aromatic N) is 1. The van der Waals surface area contributed by atoms with E-state index in [1.165, 1.54) is 8.52 Å². The number of benzene rings is 3. The maximum atomic E-state index is 12.7. The quantitative estimate of drug-likeness (QED) is 0.313. The van der Waals surface area contributed by atoms with Crippen LogP contribution in [0, 0.1) is 0 Å². The molecule has 1 aromatic heterocycles. The number of para-hydroxylation sites is 1. The van der Waals surface area contributed by atoms with Crippen molar-refractivity contribution in [2.24, 2.45) is 0 Å². The average Bonchev–Trinajstić information content (AvgIpc) is 2.62. The second-order valence-electron chi connectivity index (χ2n) is 5.87. The van der Waals surface area contributed by atoms with E-state index in [-0.39, 0.29) is 19.9 Å². The molecule has 3 aromatic carbocycles. The SMILES string of the molecule is CCNc1cc2[se]c3ccccc3nc2c2c(NCC)ccc(=O)c12. The van der Waals surface area contributed by atoms with E-state index in [1.54, 1.807) is 6.07 Å². The minimum absolute atomic E-state index is 0.0389. The van der Waals surface area contributed by atoms with Gasteiger partial charge in [0.05, 0.1) is 0 Å². The van der Waals surface area contributed by atoms with E-state index in [9.17, 15) is 4.79 Å². The van der Waals surface area contributed by atoms with Gasteiger partial charge >= 0.3 is 151 Å². The molecule has 25 heavy (non-hydrogen) atoms. The van der Waals surface area contributed by atoms with E-state index in [4.69, 9.17) is 4.98 Å². The summed E-state index contributed by atoms with van der Waals surface area (Å²) in [7, 11) is 0. The number of fused-ring (bicyclic) bond motifs is 4. The zero-order chi connectivity index (χ0) is 17.4. The molecule has 0 bridgehead atoms. The molecule has 0 radical (unpaired) electrons. The predicted molar refractivity (Wildman–Crippen MR) is 108 cm³/mol. The molecule has 0 spiro atoms. The number of nitrogens with one attached hydrogen (secondary N) is 2. The first-order valence-electron chi connectivity index (χ1n) is 8.50. The second kappa shape index (κ2) is 6.51. The summed E-state index contributed by atoms with van der Waals surface area (Å²) in [5, 5.41) is 8.45. The van der Waals surface area contributed by atoms with Crippen LogP contribution in [0.2, 0.25) is 0 Å². The van der Waals surface area contributed by atoms with Gasteiger partial charge in [0, 0.05) is 0 Å². The molecule has 4 aromatic rings. The maximum absolute atomic E-state index is 12.7. The number of hydrogen-bond acceptors (Lipinski definition) is 4. The topological polar surface area (TPSA) is 54.0 Å². The van der Waals surface area contributed by atoms with Crippen LogP contribution >= 0.6 is 0 Å². The Kier molecular flexibility index (Phi) is 4.20. The van der Waals surface area contributed by atoms with Crippen LogP contribution in [0.4, 0.5) is 11.4 Å². The molecule has 4 nitrogen and oxygen atoms in total. The molecule has 0 unspecified atom stereocenters. The van der Waals surface area contributed by atoms with Crippen LogP contribution in [0.1, 0.15) is 13.8 Å². The van der Waals surface area contributed by atoms with Crippen molar-refractivity contribution in [2.75, 3.05) is 23.7 Å². The first kappa shape index (κ1) is 16.1. The number of aromatic nitrogens is 1. The summed E-state index contributed by atoms with van der Waals surface area (Å²) in [5.41, 5.74) is 3.90. The van der Waals surface area contributed by atoms with Crippen molar-refractivity contribution in [3.05, 3.63) is 52.7 Å². The summed E-state index contributed by atoms with van der Waals surface area (Å²) in [6, 6.07) is 13.9. The summed E-state index contributed by atoms with van der Waals surface area (Å²) in [6.45, 7) is 5.69. The Labute approximate surface area is 151 Å². The van der Waals surface area contributed by atoms with Crippen molar-refractivity contribution >= 4 is 56.2 Å². The van der Waals surface area contributed by atoms with Crippen molar-refractivity contribution in [3.63, 3.8) is 0 Å². The van der Waals surface area contributed by atoms with Gasteiger partial charge in [-0.25, -0.2) is 0 Å². The molecule has 1 heterocycles. The monoisotopic (exact) mass is 397 g/mol. The van der Waals surface area contributed by atoms with Gasteiger partial charge in [0.2, 0.25) is 0 Å². The van der Waals surface area contributed by atoms with E-state index in [1.807, 2.05) is 12.1 Å². The van der Waals surface area contributed by atoms with Gasteiger partial charge in [-0.2, -0.15) is 0 Å². The molecule has 126 valence electrons. The van der Waals surface area contributed by atoms with Gasteiger partial charge in [-0.1, -0.05) is 0 Å². The third-order valence-corrected chi connectivity index (χ3v) is 6.53. The Morgan fingerprint density at radius 3 is 2.48 bits per heavy atom. The third-order valence-electron chi connectivity index (χ3n) is 4.23. The predicted octanol–water partition coefficient (Wildman–Crippen LogP) is 3.82. The molecule has 0 saturated carbocycles. The van der Waals surface area contributed by atoms with Crippen LogP contribution in [-0.2, 0) is 0 Å². The van der Waals surface area contributed by atoms with Gasteiger partial charge in [0.15, 0.2) is 0 Å². The van der Waals surface area contributed by atoms with Gasteiger partial charge in [-0.3, -0.25) is 0 Å². The molecule has 0 aliphatic rings. The summed E-state index contributed by atoms with van der Waals surface area (Å²) in [6.07, 6.45) is 0. The van der Waals surface area contributed by atoms with Crippen molar-refractivity contribution < 1.29 is 0 Å². The Hall–Kier alpha value is -2.36. The minimum atomic E-state index is 0.0389. The van der Waals surface area contributed by atoms with Gasteiger partial charge in [0.1, 0.15) is 0 Å². The first-order valence-corrected chi connectivity index (χ1v) is 10.2. The Morgan fingerprint density at radius 1 is 0.920 bits per heavy atom. The van der Waals surface area contributed by atoms with Gasteiger partial charge in [0.25, 0.3) is 0 Å². The van der Waals surface area contributed by atoms with Crippen LogP contribution in [0.3, 0.4) is 0 Å². The summed E-state index contributed by atoms with van der Waals surface area (Å²) in [5.74, 6) is 0. The van der Waals surface area contributed by atoms with Gasteiger partial charge in [-0.15, -0.1) is 0 Å². The van der Waals surface area contributed by atoms with Crippen LogP contribution in [0.15, 0.2) is 47.3 Å². The normalized spacial score (nSPS) is 11.3. The Balaban J connectivity index is 2.23. The molecule has 0 saturated heterocycles. The fourth-order valence-electron chi connectivity index (χ4n) is 3.22. The van der Waals surface area contributed by atoms with Crippen molar-refractivity contribution in [1.82, 2.24) is 4.98 Å². The Bertz CT molecular complexity index is 1150. The van der Waals surface area contributed by atoms with Crippen molar-refractivity contribution in [3.8, 4) is 0 Å². The van der Waals surface area contributed by atoms with Crippen LogP contribution in [0.5, 0.6) is 0 Å². The molecule has 0 atom stereocenters. The fraction of sp³-hybridized carbons (Fsp3) is 0.200. The second-order valence-corrected chi connectivity index (χ2v) is 8.15. The molecule has 0 aliphatic carbocycles. The molecule has 0 fully saturated rings. The molecule has 5 heteroatoms. The van der Waals surface area contributed by atoms with E-state index < -0.39 is 0 Å². The fourth-order valence-corrected chi connectivity index (χ4v) is 5.37. The first-order chi connectivity index (χ1) is 12.2. The number of anilines is 2. The van der Waals surface area contributed by atoms with Crippen LogP contribution in [0.25, 0.3) is 30.3 Å². The van der Waals surface area contributed by atoms with Gasteiger partial charge < -0.3 is 0 Å². The number of rotatable bonds is 4. The molecule has 0 amide bonds. The average molecular weight is 396 g/mol. The molecule has 4 rings (SSSR count). The van der Waals surface area contributed by atoms with Crippen LogP contribution in [-0.4, -0.2) is 32.6 Å². The molecule has 2 N–H and O–H groups in total. The zero-order valence-corrected chi connectivity index (χ0v) is 15.9. The van der Waals surface area contributed by atoms with Crippen molar-refractivity contribution in [1.29, 1.82) is 0 Å². The van der Waals surface area contributed by atoms with E-state index in [0.717, 1.165) is 46.3 Å². The van der Waals surface area contributed by atoms with Gasteiger partial charge in [-0.05, 0) is 0 Å². The Morgan fingerprint density at radius 2 is 1.68 bits per heavy atom. The molecular formula is C20H19N3OSe. The van der Waals surface area contributed by atoms with E-state index in [2.05, 4.69) is 48.7 Å². The van der Waals surface area contributed by atoms with E-state index >= 15 is 0 Å². The van der Waals surface area contributed by atoms with Crippen molar-refractivity contribution in [2.45, 2.75) is 13.8 Å². The van der Waals surface area contributed by atoms with E-state index in [0.29, 0.717) is 0 Å². The standard InChI is InChI=1S/C20H19N3OSe/c1-3-21-13-9-10-15(24)18-14(22-4-2)11-17-20(19(13)18)23-12-7-5-6-8-16(12)25-17/h5-11,21-22H,3-4H2,1-2H3. The molecular weight excluding hydrogens is 377 g/mol.